The lowest BCUT2D eigenvalue weighted by Gasteiger charge is -2.04. The van der Waals surface area contributed by atoms with Crippen molar-refractivity contribution in [1.29, 1.82) is 0 Å². The maximum atomic E-state index is 10.6. The molecule has 0 bridgehead atoms. The average molecular weight is 129 g/mol. The fourth-order valence-electron chi connectivity index (χ4n) is 0.639. The highest BCUT2D eigenvalue weighted by molar-refractivity contribution is 7.78. The molecule has 1 saturated heterocycles. The van der Waals surface area contributed by atoms with Crippen LogP contribution in [0.15, 0.2) is 12.3 Å². The molecule has 1 aliphatic heterocycles. The Kier molecular flexibility index (Phi) is 1.29. The first-order valence-corrected chi connectivity index (χ1v) is 2.81. The fraction of sp³-hybridized carbons (Fsp3) is 0.400. The van der Waals surface area contributed by atoms with E-state index in [1.54, 1.807) is 0 Å². The molecular weight excluding hydrogens is 122 g/mol. The van der Waals surface area contributed by atoms with Crippen LogP contribution >= 0.6 is 12.8 Å². The van der Waals surface area contributed by atoms with Gasteiger partial charge in [0.25, 0.3) is 0 Å². The van der Waals surface area contributed by atoms with Crippen LogP contribution in [0.25, 0.3) is 0 Å². The minimum Gasteiger partial charge on any atom is -0.274 e. The summed E-state index contributed by atoms with van der Waals surface area (Å²) in [7, 11) is 0. The summed E-state index contributed by atoms with van der Waals surface area (Å²) >= 11 is 3.87. The highest BCUT2D eigenvalue weighted by atomic mass is 32.1. The number of thiol groups is 1. The standard InChI is InChI=1S/C5H7NOS/c1-4-2-3-5(7)6(4)8/h8H,1-3H2. The first-order chi connectivity index (χ1) is 3.72. The fourth-order valence-corrected chi connectivity index (χ4v) is 0.839. The molecule has 0 saturated carbocycles. The number of amides is 1. The van der Waals surface area contributed by atoms with Gasteiger partial charge >= 0.3 is 0 Å². The molecule has 8 heavy (non-hydrogen) atoms. The summed E-state index contributed by atoms with van der Waals surface area (Å²) in [6, 6.07) is 0. The maximum absolute atomic E-state index is 10.6. The van der Waals surface area contributed by atoms with E-state index in [2.05, 4.69) is 19.4 Å². The summed E-state index contributed by atoms with van der Waals surface area (Å²) in [6.07, 6.45) is 1.34. The second kappa shape index (κ2) is 1.82. The van der Waals surface area contributed by atoms with Crippen molar-refractivity contribution in [3.8, 4) is 0 Å². The number of rotatable bonds is 0. The van der Waals surface area contributed by atoms with Crippen LogP contribution in [0.5, 0.6) is 0 Å². The quantitative estimate of drug-likeness (QED) is 0.483. The number of hydrogen-bond acceptors (Lipinski definition) is 2. The minimum atomic E-state index is 0.0540. The van der Waals surface area contributed by atoms with Gasteiger partial charge < -0.3 is 0 Å². The molecule has 1 fully saturated rings. The van der Waals surface area contributed by atoms with Gasteiger partial charge in [-0.15, -0.1) is 0 Å². The van der Waals surface area contributed by atoms with Crippen molar-refractivity contribution < 1.29 is 4.79 Å². The van der Waals surface area contributed by atoms with Crippen LogP contribution in [-0.2, 0) is 4.79 Å². The zero-order valence-corrected chi connectivity index (χ0v) is 5.32. The van der Waals surface area contributed by atoms with Crippen molar-refractivity contribution in [2.75, 3.05) is 0 Å². The lowest BCUT2D eigenvalue weighted by Crippen LogP contribution is -2.09. The Labute approximate surface area is 53.7 Å². The van der Waals surface area contributed by atoms with Crippen molar-refractivity contribution >= 4 is 18.7 Å². The zero-order chi connectivity index (χ0) is 6.15. The minimum absolute atomic E-state index is 0.0540. The van der Waals surface area contributed by atoms with Gasteiger partial charge in [0.1, 0.15) is 0 Å². The molecule has 0 aromatic rings. The Morgan fingerprint density at radius 2 is 2.25 bits per heavy atom. The van der Waals surface area contributed by atoms with Crippen molar-refractivity contribution in [3.63, 3.8) is 0 Å². The maximum Gasteiger partial charge on any atom is 0.236 e. The Balaban J connectivity index is 2.70. The van der Waals surface area contributed by atoms with Crippen LogP contribution in [-0.4, -0.2) is 10.2 Å². The molecule has 44 valence electrons. The van der Waals surface area contributed by atoms with Crippen molar-refractivity contribution in [2.45, 2.75) is 12.8 Å². The zero-order valence-electron chi connectivity index (χ0n) is 4.42. The first kappa shape index (κ1) is 5.69. The van der Waals surface area contributed by atoms with E-state index >= 15 is 0 Å². The molecule has 1 rings (SSSR count). The number of allylic oxidation sites excluding steroid dienone is 1. The first-order valence-electron chi connectivity index (χ1n) is 2.41. The number of carbonyl (C=O) groups is 1. The lowest BCUT2D eigenvalue weighted by molar-refractivity contribution is -0.122. The lowest BCUT2D eigenvalue weighted by atomic mass is 10.3. The second-order valence-corrected chi connectivity index (χ2v) is 2.17. The van der Waals surface area contributed by atoms with Crippen LogP contribution in [0, 0.1) is 0 Å². The Morgan fingerprint density at radius 3 is 2.38 bits per heavy atom. The third-order valence-corrected chi connectivity index (χ3v) is 1.67. The van der Waals surface area contributed by atoms with Crippen molar-refractivity contribution in [3.05, 3.63) is 12.3 Å². The van der Waals surface area contributed by atoms with Crippen LogP contribution in [0.4, 0.5) is 0 Å². The number of hydrogen-bond donors (Lipinski definition) is 1. The average Bonchev–Trinajstić information content (AvgIpc) is 1.98. The van der Waals surface area contributed by atoms with Gasteiger partial charge in [-0.2, -0.15) is 0 Å². The Hall–Kier alpha value is -0.440. The molecule has 0 spiro atoms. The third-order valence-electron chi connectivity index (χ3n) is 1.16. The van der Waals surface area contributed by atoms with E-state index in [-0.39, 0.29) is 5.91 Å². The molecule has 0 unspecified atom stereocenters. The van der Waals surface area contributed by atoms with E-state index in [0.717, 1.165) is 12.1 Å². The Bertz CT molecular complexity index is 127. The molecule has 0 aliphatic carbocycles. The summed E-state index contributed by atoms with van der Waals surface area (Å²) < 4.78 is 1.31. The topological polar surface area (TPSA) is 20.3 Å². The molecule has 0 radical (unpaired) electrons. The van der Waals surface area contributed by atoms with Crippen LogP contribution in [0.1, 0.15) is 12.8 Å². The summed E-state index contributed by atoms with van der Waals surface area (Å²) in [6.45, 7) is 3.61. The van der Waals surface area contributed by atoms with Crippen LogP contribution in [0.3, 0.4) is 0 Å². The van der Waals surface area contributed by atoms with Gasteiger partial charge in [0.05, 0.1) is 0 Å². The molecule has 1 heterocycles. The van der Waals surface area contributed by atoms with Gasteiger partial charge in [0.15, 0.2) is 0 Å². The van der Waals surface area contributed by atoms with Gasteiger partial charge in [0, 0.05) is 12.1 Å². The summed E-state index contributed by atoms with van der Waals surface area (Å²) in [4.78, 5) is 10.6. The molecule has 0 aromatic carbocycles. The van der Waals surface area contributed by atoms with Gasteiger partial charge in [-0.1, -0.05) is 19.4 Å². The van der Waals surface area contributed by atoms with Gasteiger partial charge in [-0.05, 0) is 6.42 Å². The normalized spacial score (nSPS) is 20.4. The molecule has 1 amide bonds. The molecule has 3 heteroatoms. The van der Waals surface area contributed by atoms with Gasteiger partial charge in [0.2, 0.25) is 5.91 Å². The molecule has 0 atom stereocenters. The van der Waals surface area contributed by atoms with Gasteiger partial charge in [-0.25, -0.2) is 0 Å². The third kappa shape index (κ3) is 0.733. The van der Waals surface area contributed by atoms with E-state index < -0.39 is 0 Å². The van der Waals surface area contributed by atoms with Gasteiger partial charge in [-0.3, -0.25) is 9.10 Å². The SMILES string of the molecule is C=C1CCC(=O)N1S. The highest BCUT2D eigenvalue weighted by Crippen LogP contribution is 2.21. The monoisotopic (exact) mass is 129 g/mol. The van der Waals surface area contributed by atoms with E-state index in [1.807, 2.05) is 0 Å². The molecular formula is C5H7NOS. The van der Waals surface area contributed by atoms with E-state index in [0.29, 0.717) is 6.42 Å². The smallest absolute Gasteiger partial charge is 0.236 e. The molecule has 1 aliphatic rings. The summed E-state index contributed by atoms with van der Waals surface area (Å²) in [5.74, 6) is 0.0540. The van der Waals surface area contributed by atoms with E-state index in [4.69, 9.17) is 0 Å². The van der Waals surface area contributed by atoms with Crippen LogP contribution in [0.2, 0.25) is 0 Å². The van der Waals surface area contributed by atoms with E-state index in [9.17, 15) is 4.79 Å². The summed E-state index contributed by atoms with van der Waals surface area (Å²) in [5.41, 5.74) is 0.804. The predicted molar refractivity (Wildman–Crippen MR) is 34.2 cm³/mol. The van der Waals surface area contributed by atoms with Crippen molar-refractivity contribution in [2.24, 2.45) is 0 Å². The molecule has 0 aromatic heterocycles. The Morgan fingerprint density at radius 1 is 1.62 bits per heavy atom. The predicted octanol–water partition coefficient (Wildman–Crippen LogP) is 0.967. The molecule has 2 nitrogen and oxygen atoms in total. The van der Waals surface area contributed by atoms with E-state index in [1.165, 1.54) is 4.31 Å². The van der Waals surface area contributed by atoms with Crippen LogP contribution < -0.4 is 0 Å². The number of nitrogens with zero attached hydrogens (tertiary/aromatic N) is 1. The largest absolute Gasteiger partial charge is 0.274 e. The highest BCUT2D eigenvalue weighted by Gasteiger charge is 2.20. The summed E-state index contributed by atoms with van der Waals surface area (Å²) in [5, 5.41) is 0. The molecule has 0 N–H and O–H groups in total. The number of carbonyl (C=O) groups excluding carboxylic acids is 1. The second-order valence-electron chi connectivity index (χ2n) is 1.77. The van der Waals surface area contributed by atoms with Crippen molar-refractivity contribution in [1.82, 2.24) is 4.31 Å².